The predicted octanol–water partition coefficient (Wildman–Crippen LogP) is 3.00. The number of pyridine rings is 1. The molecule has 37 heavy (non-hydrogen) atoms. The fourth-order valence-corrected chi connectivity index (χ4v) is 6.64. The molecule has 190 valence electrons. The highest BCUT2D eigenvalue weighted by atomic mass is 16.3. The van der Waals surface area contributed by atoms with Crippen molar-refractivity contribution in [1.29, 1.82) is 0 Å². The van der Waals surface area contributed by atoms with Gasteiger partial charge in [-0.1, -0.05) is 61.5 Å². The highest BCUT2D eigenvalue weighted by Gasteiger charge is 2.57. The van der Waals surface area contributed by atoms with Crippen molar-refractivity contribution in [2.45, 2.75) is 44.9 Å². The summed E-state index contributed by atoms with van der Waals surface area (Å²) in [6, 6.07) is 20.4. The van der Waals surface area contributed by atoms with Gasteiger partial charge in [-0.3, -0.25) is 14.4 Å². The van der Waals surface area contributed by atoms with Gasteiger partial charge in [0.2, 0.25) is 11.8 Å². The van der Waals surface area contributed by atoms with Crippen molar-refractivity contribution in [2.75, 3.05) is 13.2 Å². The Morgan fingerprint density at radius 1 is 0.973 bits per heavy atom. The van der Waals surface area contributed by atoms with Gasteiger partial charge in [0.15, 0.2) is 0 Å². The molecule has 0 radical (unpaired) electrons. The number of carbonyl (C=O) groups is 2. The van der Waals surface area contributed by atoms with Crippen molar-refractivity contribution in [3.63, 3.8) is 0 Å². The summed E-state index contributed by atoms with van der Waals surface area (Å²) in [5, 5.41) is 10.5. The summed E-state index contributed by atoms with van der Waals surface area (Å²) < 4.78 is 1.73. The zero-order chi connectivity index (χ0) is 25.7. The van der Waals surface area contributed by atoms with E-state index in [1.54, 1.807) is 9.47 Å². The fourth-order valence-electron chi connectivity index (χ4n) is 6.64. The zero-order valence-electron chi connectivity index (χ0n) is 20.9. The molecule has 6 rings (SSSR count). The van der Waals surface area contributed by atoms with Crippen LogP contribution in [-0.4, -0.2) is 50.5 Å². The van der Waals surface area contributed by atoms with E-state index in [2.05, 4.69) is 12.1 Å². The number of carbonyl (C=O) groups excluding carboxylic acids is 2. The molecule has 2 aromatic carbocycles. The van der Waals surface area contributed by atoms with E-state index in [-0.39, 0.29) is 30.5 Å². The van der Waals surface area contributed by atoms with Gasteiger partial charge < -0.3 is 19.5 Å². The molecule has 1 saturated heterocycles. The Balaban J connectivity index is 1.43. The van der Waals surface area contributed by atoms with E-state index >= 15 is 0 Å². The van der Waals surface area contributed by atoms with E-state index in [1.807, 2.05) is 66.4 Å². The lowest BCUT2D eigenvalue weighted by molar-refractivity contribution is -0.140. The van der Waals surface area contributed by atoms with Crippen LogP contribution in [0.4, 0.5) is 0 Å². The van der Waals surface area contributed by atoms with Crippen LogP contribution in [0.1, 0.15) is 36.2 Å². The minimum atomic E-state index is -0.605. The van der Waals surface area contributed by atoms with E-state index in [4.69, 9.17) is 0 Å². The van der Waals surface area contributed by atoms with Gasteiger partial charge in [-0.25, -0.2) is 0 Å². The Hall–Kier alpha value is -3.71. The number of rotatable bonds is 4. The Bertz CT molecular complexity index is 1420. The summed E-state index contributed by atoms with van der Waals surface area (Å²) >= 11 is 0. The molecule has 4 atom stereocenters. The van der Waals surface area contributed by atoms with E-state index < -0.39 is 23.9 Å². The van der Waals surface area contributed by atoms with E-state index in [9.17, 15) is 19.5 Å². The van der Waals surface area contributed by atoms with Crippen molar-refractivity contribution >= 4 is 11.8 Å². The number of hydrogen-bond acceptors (Lipinski definition) is 4. The summed E-state index contributed by atoms with van der Waals surface area (Å²) in [5.41, 5.74) is 4.36. The number of aromatic nitrogens is 1. The molecule has 2 bridgehead atoms. The maximum absolute atomic E-state index is 14.2. The Kier molecular flexibility index (Phi) is 5.95. The molecular formula is C30H31N3O4. The third-order valence-corrected chi connectivity index (χ3v) is 8.45. The van der Waals surface area contributed by atoms with E-state index in [1.165, 1.54) is 5.56 Å². The Morgan fingerprint density at radius 3 is 2.43 bits per heavy atom. The van der Waals surface area contributed by atoms with E-state index in [0.29, 0.717) is 30.8 Å². The molecule has 0 unspecified atom stereocenters. The minimum Gasteiger partial charge on any atom is -0.396 e. The molecule has 1 fully saturated rings. The number of fused-ring (bicyclic) bond motifs is 5. The van der Waals surface area contributed by atoms with Crippen LogP contribution in [-0.2, 0) is 29.1 Å². The molecule has 0 spiro atoms. The van der Waals surface area contributed by atoms with Gasteiger partial charge in [0.1, 0.15) is 0 Å². The summed E-state index contributed by atoms with van der Waals surface area (Å²) in [6.45, 7) is 2.98. The highest BCUT2D eigenvalue weighted by Crippen LogP contribution is 2.49. The number of amides is 2. The van der Waals surface area contributed by atoms with Crippen LogP contribution in [0.3, 0.4) is 0 Å². The van der Waals surface area contributed by atoms with Gasteiger partial charge in [0.05, 0.1) is 18.0 Å². The third kappa shape index (κ3) is 3.72. The van der Waals surface area contributed by atoms with Crippen molar-refractivity contribution < 1.29 is 14.7 Å². The number of benzene rings is 2. The molecule has 3 aromatic rings. The number of aliphatic hydroxyl groups excluding tert-OH is 1. The van der Waals surface area contributed by atoms with Crippen LogP contribution in [0.5, 0.6) is 0 Å². The van der Waals surface area contributed by atoms with Crippen LogP contribution in [0.15, 0.2) is 71.5 Å². The normalized spacial score (nSPS) is 23.9. The van der Waals surface area contributed by atoms with Gasteiger partial charge in [0, 0.05) is 49.8 Å². The van der Waals surface area contributed by atoms with Crippen LogP contribution in [0.2, 0.25) is 0 Å². The maximum atomic E-state index is 14.2. The molecule has 7 nitrogen and oxygen atoms in total. The molecule has 2 amide bonds. The van der Waals surface area contributed by atoms with Crippen molar-refractivity contribution in [2.24, 2.45) is 11.8 Å². The number of aliphatic hydroxyl groups is 1. The summed E-state index contributed by atoms with van der Waals surface area (Å²) in [5.74, 6) is -1.15. The lowest BCUT2D eigenvalue weighted by Crippen LogP contribution is -2.49. The maximum Gasteiger partial charge on any atom is 0.258 e. The standard InChI is InChI=1S/C30H31N3O4/c1-2-26(35)33-25-17-32-24(13-12-22(29(32)36)20-9-4-3-5-10-20)28(33)27(23(25)18-34)30(37)31-15-14-19-8-6-7-11-21(19)16-31/h3-13,23,25,27-28,34H,2,14-18H2,1H3/t23-,25-,27+,28+/m0/s1. The first kappa shape index (κ1) is 23.7. The van der Waals surface area contributed by atoms with E-state index in [0.717, 1.165) is 17.5 Å². The first-order valence-corrected chi connectivity index (χ1v) is 13.1. The van der Waals surface area contributed by atoms with Gasteiger partial charge in [-0.2, -0.15) is 0 Å². The SMILES string of the molecule is CCC(=O)N1[C@@H]2c3ccc(-c4ccccc4)c(=O)n3C[C@H]1[C@H](CO)[C@H]2C(=O)N1CCc2ccccc2C1. The third-order valence-electron chi connectivity index (χ3n) is 8.45. The molecule has 7 heteroatoms. The lowest BCUT2D eigenvalue weighted by atomic mass is 9.85. The minimum absolute atomic E-state index is 0.0528. The second kappa shape index (κ2) is 9.30. The van der Waals surface area contributed by atoms with Gasteiger partial charge in [-0.05, 0) is 35.2 Å². The summed E-state index contributed by atoms with van der Waals surface area (Å²) in [4.78, 5) is 44.7. The molecule has 0 aliphatic carbocycles. The molecule has 3 aliphatic rings. The summed E-state index contributed by atoms with van der Waals surface area (Å²) in [7, 11) is 0. The lowest BCUT2D eigenvalue weighted by Gasteiger charge is -2.39. The number of nitrogens with zero attached hydrogens (tertiary/aromatic N) is 3. The second-order valence-electron chi connectivity index (χ2n) is 10.3. The Labute approximate surface area is 216 Å². The first-order valence-electron chi connectivity index (χ1n) is 13.1. The van der Waals surface area contributed by atoms with Gasteiger partial charge in [0.25, 0.3) is 5.56 Å². The van der Waals surface area contributed by atoms with Crippen LogP contribution in [0.25, 0.3) is 11.1 Å². The fraction of sp³-hybridized carbons (Fsp3) is 0.367. The average molecular weight is 498 g/mol. The van der Waals surface area contributed by atoms with Crippen molar-refractivity contribution in [3.8, 4) is 11.1 Å². The Morgan fingerprint density at radius 2 is 1.70 bits per heavy atom. The van der Waals surface area contributed by atoms with Crippen LogP contribution >= 0.6 is 0 Å². The average Bonchev–Trinajstić information content (AvgIpc) is 3.19. The van der Waals surface area contributed by atoms with Crippen molar-refractivity contribution in [3.05, 3.63) is 93.9 Å². The molecular weight excluding hydrogens is 466 g/mol. The molecule has 1 aromatic heterocycles. The predicted molar refractivity (Wildman–Crippen MR) is 139 cm³/mol. The second-order valence-corrected chi connectivity index (χ2v) is 10.3. The topological polar surface area (TPSA) is 82.9 Å². The quantitative estimate of drug-likeness (QED) is 0.601. The highest BCUT2D eigenvalue weighted by molar-refractivity contribution is 5.84. The monoisotopic (exact) mass is 497 g/mol. The number of hydrogen-bond donors (Lipinski definition) is 1. The molecule has 4 heterocycles. The molecule has 1 N–H and O–H groups in total. The zero-order valence-corrected chi connectivity index (χ0v) is 20.9. The van der Waals surface area contributed by atoms with Crippen LogP contribution < -0.4 is 5.56 Å². The largest absolute Gasteiger partial charge is 0.396 e. The first-order chi connectivity index (χ1) is 18.0. The van der Waals surface area contributed by atoms with Crippen molar-refractivity contribution in [1.82, 2.24) is 14.4 Å². The smallest absolute Gasteiger partial charge is 0.258 e. The van der Waals surface area contributed by atoms with Gasteiger partial charge >= 0.3 is 0 Å². The summed E-state index contributed by atoms with van der Waals surface area (Å²) in [6.07, 6.45) is 1.08. The molecule has 3 aliphatic heterocycles. The van der Waals surface area contributed by atoms with Gasteiger partial charge in [-0.15, -0.1) is 0 Å². The molecule has 0 saturated carbocycles. The van der Waals surface area contributed by atoms with Crippen LogP contribution in [0, 0.1) is 11.8 Å².